The molecule has 0 unspecified atom stereocenters. The lowest BCUT2D eigenvalue weighted by atomic mass is 9.89. The Hall–Kier alpha value is -1.82. The Kier molecular flexibility index (Phi) is 6.22. The minimum atomic E-state index is -4.28. The molecular formula is C18H26O5S. The summed E-state index contributed by atoms with van der Waals surface area (Å²) in [5.41, 5.74) is 2.30. The van der Waals surface area contributed by atoms with Gasteiger partial charge in [-0.2, -0.15) is 8.42 Å². The number of carboxylic acid groups (broad SMARTS) is 1. The van der Waals surface area contributed by atoms with E-state index in [0.29, 0.717) is 11.1 Å². The molecule has 0 aromatic heterocycles. The average Bonchev–Trinajstić information content (AvgIpc) is 2.44. The molecule has 0 bridgehead atoms. The molecule has 0 amide bonds. The Morgan fingerprint density at radius 1 is 1.00 bits per heavy atom. The van der Waals surface area contributed by atoms with Gasteiger partial charge >= 0.3 is 16.1 Å². The Morgan fingerprint density at radius 3 is 1.71 bits per heavy atom. The van der Waals surface area contributed by atoms with Crippen LogP contribution in [0.2, 0.25) is 0 Å². The van der Waals surface area contributed by atoms with Crippen molar-refractivity contribution in [2.45, 2.75) is 64.2 Å². The summed E-state index contributed by atoms with van der Waals surface area (Å²) in [7, 11) is -4.28. The van der Waals surface area contributed by atoms with Gasteiger partial charge in [-0.3, -0.25) is 0 Å². The van der Waals surface area contributed by atoms with Crippen LogP contribution in [-0.4, -0.2) is 19.5 Å². The fraction of sp³-hybridized carbons (Fsp3) is 0.500. The molecule has 0 heterocycles. The normalized spacial score (nSPS) is 12.0. The van der Waals surface area contributed by atoms with E-state index >= 15 is 0 Å². The van der Waals surface area contributed by atoms with Gasteiger partial charge in [0.25, 0.3) is 0 Å². The average molecular weight is 354 g/mol. The van der Waals surface area contributed by atoms with Crippen LogP contribution >= 0.6 is 0 Å². The summed E-state index contributed by atoms with van der Waals surface area (Å²) in [6.45, 7) is 14.8. The van der Waals surface area contributed by atoms with Crippen LogP contribution in [0.5, 0.6) is 0 Å². The van der Waals surface area contributed by atoms with Crippen LogP contribution in [0.3, 0.4) is 0 Å². The zero-order valence-corrected chi connectivity index (χ0v) is 15.9. The molecule has 1 aromatic carbocycles. The molecule has 0 aliphatic rings. The summed E-state index contributed by atoms with van der Waals surface area (Å²) in [4.78, 5) is 11.0. The van der Waals surface area contributed by atoms with E-state index in [4.69, 9.17) is 9.29 Å². The van der Waals surface area contributed by atoms with Crippen LogP contribution in [0.1, 0.15) is 76.0 Å². The zero-order chi connectivity index (χ0) is 18.8. The molecule has 1 aromatic rings. The summed E-state index contributed by atoms with van der Waals surface area (Å²) >= 11 is 0. The van der Waals surface area contributed by atoms with Gasteiger partial charge < -0.3 is 9.29 Å². The summed E-state index contributed by atoms with van der Waals surface area (Å²) in [5.74, 6) is -2.20. The van der Waals surface area contributed by atoms with E-state index in [1.807, 2.05) is 53.7 Å². The predicted molar refractivity (Wildman–Crippen MR) is 93.8 cm³/mol. The Morgan fingerprint density at radius 2 is 1.42 bits per heavy atom. The second-order valence-electron chi connectivity index (χ2n) is 6.76. The molecule has 5 nitrogen and oxygen atoms in total. The van der Waals surface area contributed by atoms with Gasteiger partial charge in [-0.15, -0.1) is 0 Å². The summed E-state index contributed by atoms with van der Waals surface area (Å²) in [5, 5.41) is 8.88. The molecule has 0 saturated heterocycles. The summed E-state index contributed by atoms with van der Waals surface area (Å²) in [6.07, 6.45) is 0. The number of carboxylic acids is 1. The van der Waals surface area contributed by atoms with Crippen molar-refractivity contribution in [2.24, 2.45) is 0 Å². The number of aliphatic carboxylic acids is 1. The van der Waals surface area contributed by atoms with E-state index in [0.717, 1.165) is 5.56 Å². The van der Waals surface area contributed by atoms with Crippen molar-refractivity contribution in [2.75, 3.05) is 0 Å². The van der Waals surface area contributed by atoms with E-state index in [9.17, 15) is 13.2 Å². The van der Waals surface area contributed by atoms with E-state index in [-0.39, 0.29) is 22.6 Å². The van der Waals surface area contributed by atoms with Crippen LogP contribution in [0.4, 0.5) is 0 Å². The first-order chi connectivity index (χ1) is 10.9. The molecule has 0 atom stereocenters. The van der Waals surface area contributed by atoms with Gasteiger partial charge in [-0.1, -0.05) is 53.7 Å². The number of benzene rings is 1. The first kappa shape index (κ1) is 20.2. The van der Waals surface area contributed by atoms with E-state index < -0.39 is 21.8 Å². The van der Waals surface area contributed by atoms with Crippen LogP contribution in [0.25, 0.3) is 0 Å². The second-order valence-corrected chi connectivity index (χ2v) is 8.24. The molecule has 0 fully saturated rings. The van der Waals surface area contributed by atoms with Gasteiger partial charge in [-0.25, -0.2) is 4.79 Å². The van der Waals surface area contributed by atoms with Gasteiger partial charge in [0.1, 0.15) is 4.90 Å². The molecule has 0 saturated carbocycles. The van der Waals surface area contributed by atoms with Crippen molar-refractivity contribution in [3.63, 3.8) is 0 Å². The lowest BCUT2D eigenvalue weighted by molar-refractivity contribution is -0.134. The third-order valence-corrected chi connectivity index (χ3v) is 5.17. The fourth-order valence-electron chi connectivity index (χ4n) is 2.39. The number of hydrogen-bond donors (Lipinski definition) is 1. The first-order valence-corrected chi connectivity index (χ1v) is 9.33. The molecular weight excluding hydrogens is 328 g/mol. The molecule has 0 aliphatic heterocycles. The van der Waals surface area contributed by atoms with Crippen molar-refractivity contribution in [1.82, 2.24) is 0 Å². The predicted octanol–water partition coefficient (Wildman–Crippen LogP) is 4.36. The maximum atomic E-state index is 12.7. The van der Waals surface area contributed by atoms with Crippen molar-refractivity contribution in [3.05, 3.63) is 41.2 Å². The SMILES string of the molecule is C=C(OS(=O)(=O)c1c(C(C)C)cc(C(C)C)cc1C(C)C)C(=O)O. The lowest BCUT2D eigenvalue weighted by Crippen LogP contribution is -2.17. The van der Waals surface area contributed by atoms with E-state index in [1.165, 1.54) is 0 Å². The molecule has 0 radical (unpaired) electrons. The van der Waals surface area contributed by atoms with Crippen LogP contribution in [0, 0.1) is 0 Å². The maximum Gasteiger partial charge on any atom is 0.372 e. The molecule has 1 N–H and O–H groups in total. The molecule has 0 spiro atoms. The van der Waals surface area contributed by atoms with Crippen molar-refractivity contribution < 1.29 is 22.5 Å². The van der Waals surface area contributed by atoms with Crippen LogP contribution in [-0.2, 0) is 19.1 Å². The summed E-state index contributed by atoms with van der Waals surface area (Å²) in [6, 6.07) is 3.72. The lowest BCUT2D eigenvalue weighted by Gasteiger charge is -2.22. The quantitative estimate of drug-likeness (QED) is 0.447. The van der Waals surface area contributed by atoms with Crippen molar-refractivity contribution in [1.29, 1.82) is 0 Å². The highest BCUT2D eigenvalue weighted by molar-refractivity contribution is 7.87. The topological polar surface area (TPSA) is 80.7 Å². The van der Waals surface area contributed by atoms with Gasteiger partial charge in [0.05, 0.1) is 0 Å². The van der Waals surface area contributed by atoms with Gasteiger partial charge in [-0.05, 0) is 41.0 Å². The van der Waals surface area contributed by atoms with Gasteiger partial charge in [0.15, 0.2) is 0 Å². The van der Waals surface area contributed by atoms with Crippen LogP contribution < -0.4 is 0 Å². The minimum absolute atomic E-state index is 0.0549. The standard InChI is InChI=1S/C18H26O5S/c1-10(2)14-8-15(11(3)4)17(16(9-14)12(5)6)24(21,22)23-13(7)18(19)20/h8-12H,7H2,1-6H3,(H,19,20). The molecule has 24 heavy (non-hydrogen) atoms. The fourth-order valence-corrected chi connectivity index (χ4v) is 3.97. The second kappa shape index (κ2) is 7.38. The zero-order valence-electron chi connectivity index (χ0n) is 15.1. The third kappa shape index (κ3) is 4.38. The highest BCUT2D eigenvalue weighted by Gasteiger charge is 2.30. The minimum Gasteiger partial charge on any atom is -0.475 e. The largest absolute Gasteiger partial charge is 0.475 e. The van der Waals surface area contributed by atoms with Gasteiger partial charge in [0, 0.05) is 0 Å². The van der Waals surface area contributed by atoms with Crippen LogP contribution in [0.15, 0.2) is 29.4 Å². The number of rotatable bonds is 7. The highest BCUT2D eigenvalue weighted by atomic mass is 32.2. The van der Waals surface area contributed by atoms with Gasteiger partial charge in [0.2, 0.25) is 5.76 Å². The number of carbonyl (C=O) groups is 1. The maximum absolute atomic E-state index is 12.7. The Bertz CT molecular complexity index is 714. The monoisotopic (exact) mass is 354 g/mol. The van der Waals surface area contributed by atoms with E-state index in [1.54, 1.807) is 0 Å². The molecule has 0 aliphatic carbocycles. The Labute approximate surface area is 144 Å². The molecule has 1 rings (SSSR count). The molecule has 134 valence electrons. The smallest absolute Gasteiger partial charge is 0.372 e. The summed E-state index contributed by atoms with van der Waals surface area (Å²) < 4.78 is 30.2. The Balaban J connectivity index is 3.71. The van der Waals surface area contributed by atoms with E-state index in [2.05, 4.69) is 6.58 Å². The number of hydrogen-bond acceptors (Lipinski definition) is 4. The third-order valence-electron chi connectivity index (χ3n) is 3.78. The van der Waals surface area contributed by atoms with Crippen molar-refractivity contribution >= 4 is 16.1 Å². The van der Waals surface area contributed by atoms with Crippen molar-refractivity contribution in [3.8, 4) is 0 Å². The molecule has 6 heteroatoms. The highest BCUT2D eigenvalue weighted by Crippen LogP contribution is 2.36. The first-order valence-electron chi connectivity index (χ1n) is 7.92.